The number of carbonyl (C=O) groups is 2. The number of amides is 2. The van der Waals surface area contributed by atoms with Gasteiger partial charge in [-0.15, -0.1) is 0 Å². The summed E-state index contributed by atoms with van der Waals surface area (Å²) in [6.07, 6.45) is 1.68. The number of nitrogens with one attached hydrogen (secondary N) is 2. The lowest BCUT2D eigenvalue weighted by Crippen LogP contribution is -2.45. The summed E-state index contributed by atoms with van der Waals surface area (Å²) < 4.78 is 3.57. The number of nitro groups is 1. The third-order valence-electron chi connectivity index (χ3n) is 3.72. The second-order valence-electron chi connectivity index (χ2n) is 5.80. The highest BCUT2D eigenvalue weighted by Crippen LogP contribution is 2.22. The van der Waals surface area contributed by atoms with E-state index in [0.717, 1.165) is 0 Å². The second-order valence-corrected chi connectivity index (χ2v) is 6.96. The van der Waals surface area contributed by atoms with Crippen LogP contribution in [0.4, 0.5) is 5.69 Å². The minimum atomic E-state index is -0.573. The molecule has 1 atom stereocenters. The molecular formula is C14H18IN7O4. The van der Waals surface area contributed by atoms with Crippen LogP contribution in [0.2, 0.25) is 0 Å². The molecular weight excluding hydrogens is 457 g/mol. The van der Waals surface area contributed by atoms with E-state index >= 15 is 0 Å². The van der Waals surface area contributed by atoms with Crippen molar-refractivity contribution in [3.63, 3.8) is 0 Å². The molecule has 0 aliphatic heterocycles. The summed E-state index contributed by atoms with van der Waals surface area (Å²) >= 11 is 1.97. The van der Waals surface area contributed by atoms with Gasteiger partial charge in [-0.05, 0) is 36.4 Å². The Morgan fingerprint density at radius 2 is 2.00 bits per heavy atom. The molecule has 0 fully saturated rings. The molecule has 140 valence electrons. The van der Waals surface area contributed by atoms with Crippen LogP contribution in [-0.2, 0) is 18.4 Å². The molecule has 2 heterocycles. The molecule has 2 amide bonds. The topological polar surface area (TPSA) is 137 Å². The van der Waals surface area contributed by atoms with Gasteiger partial charge in [-0.3, -0.25) is 39.9 Å². The van der Waals surface area contributed by atoms with Crippen molar-refractivity contribution in [2.24, 2.45) is 13.0 Å². The van der Waals surface area contributed by atoms with E-state index in [4.69, 9.17) is 0 Å². The highest BCUT2D eigenvalue weighted by Gasteiger charge is 2.24. The van der Waals surface area contributed by atoms with Gasteiger partial charge in [0, 0.05) is 13.2 Å². The largest absolute Gasteiger partial charge is 0.312 e. The van der Waals surface area contributed by atoms with Crippen molar-refractivity contribution in [2.45, 2.75) is 27.3 Å². The number of aryl methyl sites for hydroxylation is 2. The van der Waals surface area contributed by atoms with E-state index in [0.29, 0.717) is 9.26 Å². The van der Waals surface area contributed by atoms with Crippen molar-refractivity contribution in [1.29, 1.82) is 0 Å². The molecule has 0 aromatic carbocycles. The Morgan fingerprint density at radius 1 is 1.35 bits per heavy atom. The Bertz CT molecular complexity index is 873. The molecule has 0 aliphatic carbocycles. The van der Waals surface area contributed by atoms with Crippen LogP contribution in [0.3, 0.4) is 0 Å². The number of carbonyl (C=O) groups excluding carboxylic acids is 2. The minimum Gasteiger partial charge on any atom is -0.274 e. The third-order valence-corrected chi connectivity index (χ3v) is 4.51. The van der Waals surface area contributed by atoms with Gasteiger partial charge in [0.2, 0.25) is 5.91 Å². The zero-order valence-corrected chi connectivity index (χ0v) is 16.8. The first kappa shape index (κ1) is 19.8. The first-order chi connectivity index (χ1) is 12.1. The molecule has 0 radical (unpaired) electrons. The second kappa shape index (κ2) is 7.80. The molecule has 12 heteroatoms. The van der Waals surface area contributed by atoms with Crippen LogP contribution in [-0.4, -0.2) is 36.3 Å². The lowest BCUT2D eigenvalue weighted by atomic mass is 10.1. The first-order valence-electron chi connectivity index (χ1n) is 7.59. The summed E-state index contributed by atoms with van der Waals surface area (Å²) in [5.74, 6) is -1.55. The molecule has 0 spiro atoms. The van der Waals surface area contributed by atoms with Gasteiger partial charge in [0.15, 0.2) is 5.69 Å². The van der Waals surface area contributed by atoms with Crippen molar-refractivity contribution >= 4 is 40.1 Å². The van der Waals surface area contributed by atoms with Gasteiger partial charge in [0.1, 0.15) is 11.4 Å². The summed E-state index contributed by atoms with van der Waals surface area (Å²) in [5.41, 5.74) is 5.46. The average molecular weight is 475 g/mol. The van der Waals surface area contributed by atoms with Crippen molar-refractivity contribution in [2.75, 3.05) is 0 Å². The van der Waals surface area contributed by atoms with Crippen LogP contribution >= 0.6 is 22.6 Å². The summed E-state index contributed by atoms with van der Waals surface area (Å²) in [7, 11) is 1.69. The SMILES string of the molecule is Cc1nn(C[C@H](C)C(=O)NNC(=O)c2nn(C)cc2I)c(C)c1[N+](=O)[O-]. The number of nitrogens with zero attached hydrogens (tertiary/aromatic N) is 5. The van der Waals surface area contributed by atoms with E-state index in [-0.39, 0.29) is 23.6 Å². The average Bonchev–Trinajstić information content (AvgIpc) is 3.02. The van der Waals surface area contributed by atoms with Gasteiger partial charge in [-0.1, -0.05) is 6.92 Å². The summed E-state index contributed by atoms with van der Waals surface area (Å²) in [5, 5.41) is 19.1. The van der Waals surface area contributed by atoms with Crippen LogP contribution < -0.4 is 10.9 Å². The van der Waals surface area contributed by atoms with Gasteiger partial charge in [0.25, 0.3) is 5.91 Å². The van der Waals surface area contributed by atoms with Crippen LogP contribution in [0.1, 0.15) is 28.8 Å². The predicted octanol–water partition coefficient (Wildman–Crippen LogP) is 0.844. The zero-order valence-electron chi connectivity index (χ0n) is 14.6. The minimum absolute atomic E-state index is 0.0596. The lowest BCUT2D eigenvalue weighted by Gasteiger charge is -2.13. The Balaban J connectivity index is 1.98. The fourth-order valence-corrected chi connectivity index (χ4v) is 3.14. The van der Waals surface area contributed by atoms with E-state index in [1.807, 2.05) is 22.6 Å². The van der Waals surface area contributed by atoms with Crippen molar-refractivity contribution < 1.29 is 14.5 Å². The van der Waals surface area contributed by atoms with Crippen LogP contribution in [0.15, 0.2) is 6.20 Å². The summed E-state index contributed by atoms with van der Waals surface area (Å²) in [4.78, 5) is 34.8. The maximum absolute atomic E-state index is 12.2. The smallest absolute Gasteiger partial charge is 0.274 e. The first-order valence-corrected chi connectivity index (χ1v) is 8.67. The number of aromatic nitrogens is 4. The molecule has 0 bridgehead atoms. The van der Waals surface area contributed by atoms with Crippen molar-refractivity contribution in [3.8, 4) is 0 Å². The van der Waals surface area contributed by atoms with Gasteiger partial charge in [0.05, 0.1) is 21.0 Å². The molecule has 0 saturated heterocycles. The Labute approximate surface area is 162 Å². The Hall–Kier alpha value is -2.51. The summed E-state index contributed by atoms with van der Waals surface area (Å²) in [6.45, 7) is 4.90. The molecule has 2 aromatic heterocycles. The normalized spacial score (nSPS) is 11.9. The monoisotopic (exact) mass is 475 g/mol. The molecule has 11 nitrogen and oxygen atoms in total. The number of halogens is 1. The number of hydrogen-bond donors (Lipinski definition) is 2. The molecule has 0 aliphatic rings. The van der Waals surface area contributed by atoms with Crippen LogP contribution in [0.5, 0.6) is 0 Å². The maximum atomic E-state index is 12.2. The highest BCUT2D eigenvalue weighted by molar-refractivity contribution is 14.1. The third kappa shape index (κ3) is 4.17. The number of hydrazine groups is 1. The van der Waals surface area contributed by atoms with Gasteiger partial charge in [-0.25, -0.2) is 0 Å². The lowest BCUT2D eigenvalue weighted by molar-refractivity contribution is -0.386. The van der Waals surface area contributed by atoms with Crippen LogP contribution in [0, 0.1) is 33.4 Å². The molecule has 2 aromatic rings. The maximum Gasteiger partial charge on any atom is 0.312 e. The Kier molecular flexibility index (Phi) is 5.94. The molecule has 0 unspecified atom stereocenters. The Morgan fingerprint density at radius 3 is 2.50 bits per heavy atom. The zero-order chi connectivity index (χ0) is 19.6. The van der Waals surface area contributed by atoms with E-state index in [1.54, 1.807) is 34.0 Å². The van der Waals surface area contributed by atoms with Crippen LogP contribution in [0.25, 0.3) is 0 Å². The molecule has 2 rings (SSSR count). The fraction of sp³-hybridized carbons (Fsp3) is 0.429. The number of rotatable bonds is 5. The molecule has 26 heavy (non-hydrogen) atoms. The number of hydrogen-bond acceptors (Lipinski definition) is 6. The van der Waals surface area contributed by atoms with E-state index in [2.05, 4.69) is 21.0 Å². The van der Waals surface area contributed by atoms with Gasteiger partial charge < -0.3 is 0 Å². The standard InChI is InChI=1S/C14H18IN7O4/c1-7(5-21-9(3)12(22(25)26)8(2)18-21)13(23)16-17-14(24)11-10(15)6-20(4)19-11/h6-7H,5H2,1-4H3,(H,16,23)(H,17,24)/t7-/m0/s1. The predicted molar refractivity (Wildman–Crippen MR) is 99.1 cm³/mol. The van der Waals surface area contributed by atoms with Gasteiger partial charge >= 0.3 is 5.69 Å². The van der Waals surface area contributed by atoms with Crippen molar-refractivity contribution in [1.82, 2.24) is 30.4 Å². The van der Waals surface area contributed by atoms with Gasteiger partial charge in [-0.2, -0.15) is 10.2 Å². The quantitative estimate of drug-likeness (QED) is 0.374. The van der Waals surface area contributed by atoms with Crippen molar-refractivity contribution in [3.05, 3.63) is 37.0 Å². The molecule has 2 N–H and O–H groups in total. The fourth-order valence-electron chi connectivity index (χ4n) is 2.39. The summed E-state index contributed by atoms with van der Waals surface area (Å²) in [6, 6.07) is 0. The van der Waals surface area contributed by atoms with E-state index in [9.17, 15) is 19.7 Å². The van der Waals surface area contributed by atoms with E-state index in [1.165, 1.54) is 9.36 Å². The highest BCUT2D eigenvalue weighted by atomic mass is 127. The van der Waals surface area contributed by atoms with E-state index < -0.39 is 22.7 Å². The molecule has 0 saturated carbocycles.